The van der Waals surface area contributed by atoms with E-state index in [-0.39, 0.29) is 11.9 Å². The number of carbonyl (C=O) groups is 1. The number of rotatable bonds is 5. The van der Waals surface area contributed by atoms with Gasteiger partial charge in [-0.25, -0.2) is 4.98 Å². The molecule has 2 N–H and O–H groups in total. The SMILES string of the molecule is CCNc1cc(C(=O)NC(C)c2ccc(Cl)s2)ccn1. The van der Waals surface area contributed by atoms with Crippen molar-refractivity contribution in [3.05, 3.63) is 45.2 Å². The summed E-state index contributed by atoms with van der Waals surface area (Å²) in [6.45, 7) is 4.69. The summed E-state index contributed by atoms with van der Waals surface area (Å²) in [6.07, 6.45) is 1.62. The Balaban J connectivity index is 2.06. The molecule has 0 saturated heterocycles. The van der Waals surface area contributed by atoms with Crippen LogP contribution in [0.15, 0.2) is 30.5 Å². The fourth-order valence-corrected chi connectivity index (χ4v) is 2.82. The van der Waals surface area contributed by atoms with Crippen molar-refractivity contribution in [1.29, 1.82) is 0 Å². The van der Waals surface area contributed by atoms with Crippen molar-refractivity contribution in [3.63, 3.8) is 0 Å². The first-order valence-electron chi connectivity index (χ1n) is 6.36. The maximum atomic E-state index is 12.2. The number of halogens is 1. The van der Waals surface area contributed by atoms with Crippen LogP contribution in [0.5, 0.6) is 0 Å². The fourth-order valence-electron chi connectivity index (χ4n) is 1.76. The number of nitrogens with one attached hydrogen (secondary N) is 2. The standard InChI is InChI=1S/C14H16ClN3OS/c1-3-16-13-8-10(6-7-17-13)14(19)18-9(2)11-4-5-12(15)20-11/h4-9H,3H2,1-2H3,(H,16,17)(H,18,19). The lowest BCUT2D eigenvalue weighted by atomic mass is 10.2. The predicted molar refractivity (Wildman–Crippen MR) is 83.6 cm³/mol. The van der Waals surface area contributed by atoms with E-state index in [0.29, 0.717) is 11.4 Å². The predicted octanol–water partition coefficient (Wildman–Crippen LogP) is 3.72. The molecule has 1 amide bonds. The van der Waals surface area contributed by atoms with E-state index in [0.717, 1.165) is 15.8 Å². The highest BCUT2D eigenvalue weighted by Crippen LogP contribution is 2.26. The normalized spacial score (nSPS) is 11.9. The van der Waals surface area contributed by atoms with Gasteiger partial charge in [0.15, 0.2) is 0 Å². The number of thiophene rings is 1. The van der Waals surface area contributed by atoms with Crippen LogP contribution in [-0.2, 0) is 0 Å². The topological polar surface area (TPSA) is 54.0 Å². The molecular weight excluding hydrogens is 294 g/mol. The maximum absolute atomic E-state index is 12.2. The monoisotopic (exact) mass is 309 g/mol. The molecule has 0 fully saturated rings. The number of hydrogen-bond acceptors (Lipinski definition) is 4. The summed E-state index contributed by atoms with van der Waals surface area (Å²) >= 11 is 7.37. The summed E-state index contributed by atoms with van der Waals surface area (Å²) in [5.41, 5.74) is 0.588. The van der Waals surface area contributed by atoms with Crippen LogP contribution in [0.3, 0.4) is 0 Å². The summed E-state index contributed by atoms with van der Waals surface area (Å²) in [6, 6.07) is 7.13. The van der Waals surface area contributed by atoms with Gasteiger partial charge in [0, 0.05) is 23.2 Å². The Bertz CT molecular complexity index is 600. The van der Waals surface area contributed by atoms with Gasteiger partial charge in [-0.1, -0.05) is 11.6 Å². The second-order valence-electron chi connectivity index (χ2n) is 4.30. The molecule has 2 heterocycles. The molecule has 2 rings (SSSR count). The molecule has 0 radical (unpaired) electrons. The third kappa shape index (κ3) is 3.71. The van der Waals surface area contributed by atoms with E-state index in [9.17, 15) is 4.79 Å². The highest BCUT2D eigenvalue weighted by Gasteiger charge is 2.13. The van der Waals surface area contributed by atoms with E-state index in [1.54, 1.807) is 18.3 Å². The number of pyridine rings is 1. The first kappa shape index (κ1) is 14.8. The molecule has 0 saturated carbocycles. The van der Waals surface area contributed by atoms with Crippen LogP contribution in [-0.4, -0.2) is 17.4 Å². The first-order valence-corrected chi connectivity index (χ1v) is 7.55. The highest BCUT2D eigenvalue weighted by molar-refractivity contribution is 7.16. The lowest BCUT2D eigenvalue weighted by Gasteiger charge is -2.12. The molecule has 20 heavy (non-hydrogen) atoms. The summed E-state index contributed by atoms with van der Waals surface area (Å²) in [7, 11) is 0. The Kier molecular flexibility index (Phi) is 4.98. The quantitative estimate of drug-likeness (QED) is 0.885. The van der Waals surface area contributed by atoms with Gasteiger partial charge in [-0.15, -0.1) is 11.3 Å². The van der Waals surface area contributed by atoms with Gasteiger partial charge in [0.05, 0.1) is 10.4 Å². The van der Waals surface area contributed by atoms with Gasteiger partial charge in [0.25, 0.3) is 5.91 Å². The van der Waals surface area contributed by atoms with Gasteiger partial charge >= 0.3 is 0 Å². The largest absolute Gasteiger partial charge is 0.370 e. The summed E-state index contributed by atoms with van der Waals surface area (Å²) in [5, 5.41) is 6.04. The molecule has 6 heteroatoms. The second-order valence-corrected chi connectivity index (χ2v) is 6.04. The lowest BCUT2D eigenvalue weighted by Crippen LogP contribution is -2.26. The molecule has 0 bridgehead atoms. The van der Waals surface area contributed by atoms with Crippen LogP contribution >= 0.6 is 22.9 Å². The van der Waals surface area contributed by atoms with Gasteiger partial charge in [-0.05, 0) is 38.1 Å². The number of carbonyl (C=O) groups excluding carboxylic acids is 1. The van der Waals surface area contributed by atoms with Crippen molar-refractivity contribution < 1.29 is 4.79 Å². The van der Waals surface area contributed by atoms with E-state index in [2.05, 4.69) is 15.6 Å². The Hall–Kier alpha value is -1.59. The minimum atomic E-state index is -0.122. The highest BCUT2D eigenvalue weighted by atomic mass is 35.5. The molecule has 0 spiro atoms. The first-order chi connectivity index (χ1) is 9.60. The zero-order chi connectivity index (χ0) is 14.5. The van der Waals surface area contributed by atoms with Crippen LogP contribution in [0.2, 0.25) is 4.34 Å². The van der Waals surface area contributed by atoms with Crippen molar-refractivity contribution in [2.24, 2.45) is 0 Å². The average molecular weight is 310 g/mol. The van der Waals surface area contributed by atoms with Crippen LogP contribution < -0.4 is 10.6 Å². The Morgan fingerprint density at radius 1 is 1.45 bits per heavy atom. The number of amides is 1. The number of aromatic nitrogens is 1. The van der Waals surface area contributed by atoms with Gasteiger partial charge in [-0.2, -0.15) is 0 Å². The van der Waals surface area contributed by atoms with Crippen molar-refractivity contribution in [2.45, 2.75) is 19.9 Å². The third-order valence-electron chi connectivity index (χ3n) is 2.75. The van der Waals surface area contributed by atoms with Gasteiger partial charge in [-0.3, -0.25) is 4.79 Å². The van der Waals surface area contributed by atoms with E-state index >= 15 is 0 Å². The van der Waals surface area contributed by atoms with Crippen LogP contribution in [0.4, 0.5) is 5.82 Å². The molecule has 2 aromatic heterocycles. The summed E-state index contributed by atoms with van der Waals surface area (Å²) in [5.74, 6) is 0.579. The van der Waals surface area contributed by atoms with Gasteiger partial charge in [0.1, 0.15) is 5.82 Å². The summed E-state index contributed by atoms with van der Waals surface area (Å²) < 4.78 is 0.722. The zero-order valence-corrected chi connectivity index (χ0v) is 12.9. The second kappa shape index (κ2) is 6.72. The Labute approximate surface area is 127 Å². The molecule has 0 aliphatic heterocycles. The molecule has 4 nitrogen and oxygen atoms in total. The minimum absolute atomic E-state index is 0.0734. The molecule has 0 aliphatic rings. The van der Waals surface area contributed by atoms with E-state index in [1.165, 1.54) is 11.3 Å². The van der Waals surface area contributed by atoms with E-state index in [1.807, 2.05) is 26.0 Å². The molecule has 1 atom stereocenters. The zero-order valence-electron chi connectivity index (χ0n) is 11.3. The van der Waals surface area contributed by atoms with Crippen molar-refractivity contribution in [3.8, 4) is 0 Å². The average Bonchev–Trinajstić information content (AvgIpc) is 2.86. The number of hydrogen-bond donors (Lipinski definition) is 2. The molecule has 2 aromatic rings. The molecule has 0 aromatic carbocycles. The van der Waals surface area contributed by atoms with E-state index in [4.69, 9.17) is 11.6 Å². The van der Waals surface area contributed by atoms with Crippen molar-refractivity contribution >= 4 is 34.7 Å². The smallest absolute Gasteiger partial charge is 0.251 e. The number of nitrogens with zero attached hydrogens (tertiary/aromatic N) is 1. The van der Waals surface area contributed by atoms with Crippen LogP contribution in [0.25, 0.3) is 0 Å². The Morgan fingerprint density at radius 3 is 2.90 bits per heavy atom. The van der Waals surface area contributed by atoms with Gasteiger partial charge in [0.2, 0.25) is 0 Å². The molecular formula is C14H16ClN3OS. The van der Waals surface area contributed by atoms with Gasteiger partial charge < -0.3 is 10.6 Å². The molecule has 1 unspecified atom stereocenters. The number of anilines is 1. The molecule has 0 aliphatic carbocycles. The van der Waals surface area contributed by atoms with Crippen LogP contribution in [0, 0.1) is 0 Å². The lowest BCUT2D eigenvalue weighted by molar-refractivity contribution is 0.0940. The van der Waals surface area contributed by atoms with Crippen LogP contribution in [0.1, 0.15) is 35.1 Å². The molecule has 106 valence electrons. The van der Waals surface area contributed by atoms with Crippen molar-refractivity contribution in [2.75, 3.05) is 11.9 Å². The van der Waals surface area contributed by atoms with Crippen molar-refractivity contribution in [1.82, 2.24) is 10.3 Å². The summed E-state index contributed by atoms with van der Waals surface area (Å²) in [4.78, 5) is 17.4. The maximum Gasteiger partial charge on any atom is 0.251 e. The minimum Gasteiger partial charge on any atom is -0.370 e. The Morgan fingerprint density at radius 2 is 2.25 bits per heavy atom. The fraction of sp³-hybridized carbons (Fsp3) is 0.286. The van der Waals surface area contributed by atoms with E-state index < -0.39 is 0 Å². The third-order valence-corrected chi connectivity index (χ3v) is 4.16.